The van der Waals surface area contributed by atoms with Crippen LogP contribution >= 0.6 is 0 Å². The van der Waals surface area contributed by atoms with Crippen LogP contribution in [0.4, 0.5) is 0 Å². The zero-order valence-corrected chi connectivity index (χ0v) is 17.6. The van der Waals surface area contributed by atoms with Crippen LogP contribution in [0.1, 0.15) is 63.5 Å². The minimum absolute atomic E-state index is 0.105. The molecule has 0 spiro atoms. The first-order chi connectivity index (χ1) is 13.8. The van der Waals surface area contributed by atoms with E-state index in [2.05, 4.69) is 18.1 Å². The molecule has 156 valence electrons. The number of ether oxygens (including phenoxy) is 2. The van der Waals surface area contributed by atoms with Crippen molar-refractivity contribution in [3.63, 3.8) is 0 Å². The molecule has 0 aromatic heterocycles. The lowest BCUT2D eigenvalue weighted by atomic mass is 9.55. The van der Waals surface area contributed by atoms with Crippen molar-refractivity contribution in [1.82, 2.24) is 0 Å². The predicted octanol–water partition coefficient (Wildman–Crippen LogP) is 4.01. The van der Waals surface area contributed by atoms with Gasteiger partial charge in [0.15, 0.2) is 0 Å². The average Bonchev–Trinajstić information content (AvgIpc) is 2.92. The van der Waals surface area contributed by atoms with Crippen LogP contribution in [0.15, 0.2) is 23.4 Å². The van der Waals surface area contributed by atoms with Crippen LogP contribution in [-0.4, -0.2) is 30.9 Å². The third kappa shape index (κ3) is 3.43. The molecule has 1 aromatic rings. The number of hydrogen-bond acceptors (Lipinski definition) is 6. The second-order valence-corrected chi connectivity index (χ2v) is 8.82. The van der Waals surface area contributed by atoms with E-state index in [9.17, 15) is 9.59 Å². The number of benzene rings is 1. The summed E-state index contributed by atoms with van der Waals surface area (Å²) < 4.78 is 10.9. The Bertz CT molecular complexity index is 863. The fourth-order valence-corrected chi connectivity index (χ4v) is 6.14. The number of carbonyl (C=O) groups is 2. The number of nitrogens with zero attached hydrogens (tertiary/aromatic N) is 1. The van der Waals surface area contributed by atoms with Gasteiger partial charge < -0.3 is 14.3 Å². The van der Waals surface area contributed by atoms with E-state index in [0.29, 0.717) is 23.5 Å². The van der Waals surface area contributed by atoms with E-state index < -0.39 is 0 Å². The summed E-state index contributed by atoms with van der Waals surface area (Å²) >= 11 is 0. The van der Waals surface area contributed by atoms with Crippen LogP contribution in [0.5, 0.6) is 5.75 Å². The third-order valence-corrected chi connectivity index (χ3v) is 7.21. The van der Waals surface area contributed by atoms with Gasteiger partial charge in [-0.2, -0.15) is 0 Å². The molecule has 3 aliphatic rings. The van der Waals surface area contributed by atoms with Crippen LogP contribution in [0, 0.1) is 17.3 Å². The van der Waals surface area contributed by atoms with E-state index in [-0.39, 0.29) is 23.5 Å². The van der Waals surface area contributed by atoms with E-state index in [1.807, 2.05) is 12.1 Å². The van der Waals surface area contributed by atoms with Crippen molar-refractivity contribution in [2.75, 3.05) is 7.11 Å². The van der Waals surface area contributed by atoms with E-state index >= 15 is 0 Å². The molecular weight excluding hydrogens is 370 g/mol. The molecule has 5 unspecified atom stereocenters. The lowest BCUT2D eigenvalue weighted by Crippen LogP contribution is -2.43. The molecule has 0 saturated heterocycles. The van der Waals surface area contributed by atoms with Gasteiger partial charge in [0.2, 0.25) is 0 Å². The van der Waals surface area contributed by atoms with E-state index in [4.69, 9.17) is 14.3 Å². The summed E-state index contributed by atoms with van der Waals surface area (Å²) in [6.07, 6.45) is 4.60. The molecule has 4 rings (SSSR count). The van der Waals surface area contributed by atoms with Crippen molar-refractivity contribution in [2.24, 2.45) is 22.4 Å². The summed E-state index contributed by atoms with van der Waals surface area (Å²) in [5.74, 6) is 1.46. The van der Waals surface area contributed by atoms with Gasteiger partial charge >= 0.3 is 11.9 Å². The highest BCUT2D eigenvalue weighted by atomic mass is 16.6. The fraction of sp³-hybridized carbons (Fsp3) is 0.609. The van der Waals surface area contributed by atoms with Gasteiger partial charge in [-0.05, 0) is 73.1 Å². The summed E-state index contributed by atoms with van der Waals surface area (Å²) in [7, 11) is 1.55. The normalized spacial score (nSPS) is 34.0. The molecule has 2 fully saturated rings. The molecule has 0 bridgehead atoms. The lowest BCUT2D eigenvalue weighted by Gasteiger charge is -2.48. The number of hydrogen-bond donors (Lipinski definition) is 0. The molecule has 0 N–H and O–H groups in total. The smallest absolute Gasteiger partial charge is 0.308 e. The predicted molar refractivity (Wildman–Crippen MR) is 108 cm³/mol. The maximum Gasteiger partial charge on any atom is 0.308 e. The topological polar surface area (TPSA) is 74.2 Å². The largest absolute Gasteiger partial charge is 0.456 e. The summed E-state index contributed by atoms with van der Waals surface area (Å²) in [5.41, 5.74) is 3.44. The van der Waals surface area contributed by atoms with Gasteiger partial charge in [0.1, 0.15) is 24.7 Å². The summed E-state index contributed by atoms with van der Waals surface area (Å²) in [5, 5.41) is 4.33. The third-order valence-electron chi connectivity index (χ3n) is 7.21. The molecule has 5 atom stereocenters. The number of oxime groups is 1. The monoisotopic (exact) mass is 399 g/mol. The van der Waals surface area contributed by atoms with Crippen LogP contribution in [-0.2, 0) is 25.6 Å². The zero-order chi connectivity index (χ0) is 20.8. The second-order valence-electron chi connectivity index (χ2n) is 8.82. The standard InChI is InChI=1S/C23H29NO5/c1-13(25)28-16-6-8-17-15(11-16)5-7-19-18(17)9-10-23(3)20(19)12-21(29-14(2)26)22(23)24-27-4/h6,8,11,18-21H,5,7,9-10,12H2,1-4H3/b24-22+. The second kappa shape index (κ2) is 7.47. The van der Waals surface area contributed by atoms with Crippen molar-refractivity contribution in [3.8, 4) is 5.75 Å². The number of fused-ring (bicyclic) bond motifs is 5. The van der Waals surface area contributed by atoms with Gasteiger partial charge in [-0.3, -0.25) is 9.59 Å². The van der Waals surface area contributed by atoms with E-state index in [1.165, 1.54) is 25.0 Å². The first-order valence-corrected chi connectivity index (χ1v) is 10.4. The molecular formula is C23H29NO5. The minimum atomic E-state index is -0.297. The molecule has 0 amide bonds. The quantitative estimate of drug-likeness (QED) is 0.436. The van der Waals surface area contributed by atoms with Gasteiger partial charge in [-0.15, -0.1) is 0 Å². The van der Waals surface area contributed by atoms with Gasteiger partial charge in [0.05, 0.1) is 0 Å². The maximum atomic E-state index is 11.7. The summed E-state index contributed by atoms with van der Waals surface area (Å²) in [4.78, 5) is 28.1. The Morgan fingerprint density at radius 2 is 1.97 bits per heavy atom. The Morgan fingerprint density at radius 3 is 2.66 bits per heavy atom. The van der Waals surface area contributed by atoms with Gasteiger partial charge in [0, 0.05) is 19.3 Å². The Labute approximate surface area is 171 Å². The Morgan fingerprint density at radius 1 is 1.17 bits per heavy atom. The highest BCUT2D eigenvalue weighted by Gasteiger charge is 2.58. The fourth-order valence-electron chi connectivity index (χ4n) is 6.14. The maximum absolute atomic E-state index is 11.7. The molecule has 0 heterocycles. The molecule has 2 saturated carbocycles. The molecule has 0 radical (unpaired) electrons. The first-order valence-electron chi connectivity index (χ1n) is 10.4. The van der Waals surface area contributed by atoms with Crippen LogP contribution in [0.2, 0.25) is 0 Å². The zero-order valence-electron chi connectivity index (χ0n) is 17.6. The van der Waals surface area contributed by atoms with Gasteiger partial charge in [-0.25, -0.2) is 0 Å². The highest BCUT2D eigenvalue weighted by molar-refractivity contribution is 5.97. The summed E-state index contributed by atoms with van der Waals surface area (Å²) in [6, 6.07) is 6.06. The Balaban J connectivity index is 1.64. The van der Waals surface area contributed by atoms with Crippen molar-refractivity contribution in [1.29, 1.82) is 0 Å². The number of carbonyl (C=O) groups excluding carboxylic acids is 2. The van der Waals surface area contributed by atoms with Crippen molar-refractivity contribution in [3.05, 3.63) is 29.3 Å². The minimum Gasteiger partial charge on any atom is -0.456 e. The first kappa shape index (κ1) is 19.9. The molecule has 0 aliphatic heterocycles. The average molecular weight is 399 g/mol. The molecule has 6 nitrogen and oxygen atoms in total. The Hall–Kier alpha value is -2.37. The highest BCUT2D eigenvalue weighted by Crippen LogP contribution is 2.60. The van der Waals surface area contributed by atoms with Crippen LogP contribution in [0.3, 0.4) is 0 Å². The van der Waals surface area contributed by atoms with E-state index in [0.717, 1.165) is 37.8 Å². The van der Waals surface area contributed by atoms with Crippen molar-refractivity contribution in [2.45, 2.75) is 64.9 Å². The number of rotatable bonds is 3. The lowest BCUT2D eigenvalue weighted by molar-refractivity contribution is -0.143. The number of aryl methyl sites for hydroxylation is 1. The van der Waals surface area contributed by atoms with E-state index in [1.54, 1.807) is 7.11 Å². The molecule has 1 aromatic carbocycles. The molecule has 6 heteroatoms. The van der Waals surface area contributed by atoms with Gasteiger partial charge in [-0.1, -0.05) is 18.1 Å². The SMILES string of the molecule is CO/N=C1\C(OC(C)=O)CC2C3CCc4cc(OC(C)=O)ccc4C3CCC12C. The molecule has 29 heavy (non-hydrogen) atoms. The van der Waals surface area contributed by atoms with Gasteiger partial charge in [0.25, 0.3) is 0 Å². The number of esters is 2. The van der Waals surface area contributed by atoms with Crippen LogP contribution < -0.4 is 4.74 Å². The Kier molecular flexibility index (Phi) is 5.13. The van der Waals surface area contributed by atoms with Crippen molar-refractivity contribution < 1.29 is 23.9 Å². The molecule has 3 aliphatic carbocycles. The van der Waals surface area contributed by atoms with Crippen LogP contribution in [0.25, 0.3) is 0 Å². The van der Waals surface area contributed by atoms with Crippen molar-refractivity contribution >= 4 is 17.7 Å². The summed E-state index contributed by atoms with van der Waals surface area (Å²) in [6.45, 7) is 5.14.